The van der Waals surface area contributed by atoms with E-state index in [2.05, 4.69) is 25.7 Å². The number of rotatable bonds is 40. The first-order valence-corrected chi connectivity index (χ1v) is 21.7. The van der Waals surface area contributed by atoms with Gasteiger partial charge in [0.2, 0.25) is 0 Å². The van der Waals surface area contributed by atoms with Crippen molar-refractivity contribution in [2.24, 2.45) is 5.92 Å². The molecule has 0 aliphatic rings. The van der Waals surface area contributed by atoms with E-state index in [1.807, 2.05) is 0 Å². The lowest BCUT2D eigenvalue weighted by molar-refractivity contribution is -0.145. The molecule has 0 rings (SSSR count). The Labute approximate surface area is 296 Å². The summed E-state index contributed by atoms with van der Waals surface area (Å²) in [6, 6.07) is 0. The third kappa shape index (κ3) is 36.5. The molecule has 0 aliphatic heterocycles. The molecule has 4 heteroatoms. The molecular formula is C43H87NO3. The second-order valence-electron chi connectivity index (χ2n) is 15.0. The van der Waals surface area contributed by atoms with Crippen LogP contribution in [0, 0.1) is 5.92 Å². The van der Waals surface area contributed by atoms with Crippen molar-refractivity contribution >= 4 is 5.97 Å². The fraction of sp³-hybridized carbons (Fsp3) is 0.977. The maximum Gasteiger partial charge on any atom is 0.305 e. The zero-order valence-electron chi connectivity index (χ0n) is 32.7. The number of aliphatic hydroxyl groups excluding tert-OH is 1. The van der Waals surface area contributed by atoms with E-state index in [0.717, 1.165) is 32.4 Å². The Morgan fingerprint density at radius 1 is 0.468 bits per heavy atom. The van der Waals surface area contributed by atoms with Gasteiger partial charge in [0, 0.05) is 19.6 Å². The van der Waals surface area contributed by atoms with Crippen molar-refractivity contribution in [3.05, 3.63) is 0 Å². The van der Waals surface area contributed by atoms with E-state index < -0.39 is 0 Å². The van der Waals surface area contributed by atoms with E-state index in [1.165, 1.54) is 193 Å². The molecule has 0 saturated carbocycles. The van der Waals surface area contributed by atoms with Crippen molar-refractivity contribution in [1.29, 1.82) is 0 Å². The standard InChI is InChI=1S/C43H87NO3/c1-4-7-10-13-16-17-18-19-20-21-26-31-37-44(39-33-40-45)38-32-27-22-25-30-36-43(46)47-41-42(34-28-23-14-11-8-5-2)35-29-24-15-12-9-6-3/h42,45H,4-41H2,1-3H3. The summed E-state index contributed by atoms with van der Waals surface area (Å²) in [5.74, 6) is 0.582. The Kier molecular flexibility index (Phi) is 39.3. The van der Waals surface area contributed by atoms with E-state index in [1.54, 1.807) is 0 Å². The Hall–Kier alpha value is -0.610. The molecule has 0 fully saturated rings. The van der Waals surface area contributed by atoms with Crippen LogP contribution in [-0.2, 0) is 9.53 Å². The number of carbonyl (C=O) groups excluding carboxylic acids is 1. The fourth-order valence-corrected chi connectivity index (χ4v) is 6.96. The molecule has 0 saturated heterocycles. The highest BCUT2D eigenvalue weighted by atomic mass is 16.5. The number of esters is 1. The largest absolute Gasteiger partial charge is 0.465 e. The highest BCUT2D eigenvalue weighted by Crippen LogP contribution is 2.20. The number of carbonyl (C=O) groups is 1. The minimum atomic E-state index is 0.0264. The van der Waals surface area contributed by atoms with Gasteiger partial charge >= 0.3 is 5.97 Å². The number of ether oxygens (including phenoxy) is 1. The minimum Gasteiger partial charge on any atom is -0.465 e. The van der Waals surface area contributed by atoms with Crippen molar-refractivity contribution in [3.63, 3.8) is 0 Å². The molecule has 0 aromatic carbocycles. The SMILES string of the molecule is CCCCCCCCCCCCCCN(CCCO)CCCCCCCC(=O)OCC(CCCCCCCC)CCCCCCCC. The number of hydrogen-bond donors (Lipinski definition) is 1. The molecule has 0 aromatic heterocycles. The van der Waals surface area contributed by atoms with Gasteiger partial charge in [0.25, 0.3) is 0 Å². The molecule has 0 atom stereocenters. The molecule has 0 spiro atoms. The second-order valence-corrected chi connectivity index (χ2v) is 15.0. The molecule has 0 bridgehead atoms. The van der Waals surface area contributed by atoms with Crippen LogP contribution >= 0.6 is 0 Å². The quantitative estimate of drug-likeness (QED) is 0.0523. The molecule has 1 N–H and O–H groups in total. The van der Waals surface area contributed by atoms with Crippen LogP contribution in [0.15, 0.2) is 0 Å². The van der Waals surface area contributed by atoms with Crippen LogP contribution in [0.4, 0.5) is 0 Å². The zero-order chi connectivity index (χ0) is 34.3. The summed E-state index contributed by atoms with van der Waals surface area (Å²) in [6.45, 7) is 11.2. The predicted octanol–water partition coefficient (Wildman–Crippen LogP) is 13.4. The van der Waals surface area contributed by atoms with Gasteiger partial charge in [-0.3, -0.25) is 4.79 Å². The molecule has 0 radical (unpaired) electrons. The maximum atomic E-state index is 12.5. The van der Waals surface area contributed by atoms with E-state index in [0.29, 0.717) is 25.6 Å². The Bertz CT molecular complexity index is 582. The maximum absolute atomic E-state index is 12.5. The number of hydrogen-bond acceptors (Lipinski definition) is 4. The van der Waals surface area contributed by atoms with E-state index in [-0.39, 0.29) is 5.97 Å². The fourth-order valence-electron chi connectivity index (χ4n) is 6.96. The first-order valence-electron chi connectivity index (χ1n) is 21.7. The summed E-state index contributed by atoms with van der Waals surface area (Å²) in [7, 11) is 0. The number of aliphatic hydroxyl groups is 1. The summed E-state index contributed by atoms with van der Waals surface area (Å²) in [5.41, 5.74) is 0. The molecule has 47 heavy (non-hydrogen) atoms. The molecule has 0 unspecified atom stereocenters. The lowest BCUT2D eigenvalue weighted by Crippen LogP contribution is -2.27. The summed E-state index contributed by atoms with van der Waals surface area (Å²) in [4.78, 5) is 15.1. The highest BCUT2D eigenvalue weighted by Gasteiger charge is 2.12. The topological polar surface area (TPSA) is 49.8 Å². The first kappa shape index (κ1) is 46.4. The van der Waals surface area contributed by atoms with E-state index in [4.69, 9.17) is 4.74 Å². The normalized spacial score (nSPS) is 11.7. The Morgan fingerprint density at radius 3 is 1.21 bits per heavy atom. The van der Waals surface area contributed by atoms with Crippen LogP contribution in [0.2, 0.25) is 0 Å². The molecule has 0 aromatic rings. The zero-order valence-corrected chi connectivity index (χ0v) is 32.7. The van der Waals surface area contributed by atoms with Gasteiger partial charge in [-0.25, -0.2) is 0 Å². The molecule has 0 aliphatic carbocycles. The van der Waals surface area contributed by atoms with Gasteiger partial charge in [0.1, 0.15) is 0 Å². The van der Waals surface area contributed by atoms with Crippen LogP contribution in [0.3, 0.4) is 0 Å². The van der Waals surface area contributed by atoms with Gasteiger partial charge in [0.05, 0.1) is 6.61 Å². The van der Waals surface area contributed by atoms with Crippen molar-refractivity contribution in [2.45, 2.75) is 233 Å². The van der Waals surface area contributed by atoms with E-state index in [9.17, 15) is 9.90 Å². The van der Waals surface area contributed by atoms with Crippen molar-refractivity contribution in [3.8, 4) is 0 Å². The monoisotopic (exact) mass is 666 g/mol. The van der Waals surface area contributed by atoms with Gasteiger partial charge < -0.3 is 14.7 Å². The van der Waals surface area contributed by atoms with Gasteiger partial charge in [-0.1, -0.05) is 188 Å². The van der Waals surface area contributed by atoms with Crippen molar-refractivity contribution < 1.29 is 14.6 Å². The van der Waals surface area contributed by atoms with Crippen molar-refractivity contribution in [1.82, 2.24) is 4.90 Å². The molecular weight excluding hydrogens is 578 g/mol. The average molecular weight is 666 g/mol. The van der Waals surface area contributed by atoms with Crippen LogP contribution in [0.5, 0.6) is 0 Å². The molecule has 4 nitrogen and oxygen atoms in total. The van der Waals surface area contributed by atoms with Crippen LogP contribution in [-0.4, -0.2) is 48.8 Å². The Morgan fingerprint density at radius 2 is 0.809 bits per heavy atom. The predicted molar refractivity (Wildman–Crippen MR) is 207 cm³/mol. The lowest BCUT2D eigenvalue weighted by Gasteiger charge is -2.22. The van der Waals surface area contributed by atoms with Crippen LogP contribution in [0.25, 0.3) is 0 Å². The molecule has 0 amide bonds. The van der Waals surface area contributed by atoms with Crippen molar-refractivity contribution in [2.75, 3.05) is 32.8 Å². The minimum absolute atomic E-state index is 0.0264. The highest BCUT2D eigenvalue weighted by molar-refractivity contribution is 5.69. The summed E-state index contributed by atoms with van der Waals surface area (Å²) in [6.07, 6.45) is 42.5. The third-order valence-electron chi connectivity index (χ3n) is 10.2. The van der Waals surface area contributed by atoms with Gasteiger partial charge in [-0.05, 0) is 57.5 Å². The smallest absolute Gasteiger partial charge is 0.305 e. The number of unbranched alkanes of at least 4 members (excludes halogenated alkanes) is 25. The molecule has 282 valence electrons. The van der Waals surface area contributed by atoms with Gasteiger partial charge in [0.15, 0.2) is 0 Å². The Balaban J connectivity index is 3.99. The van der Waals surface area contributed by atoms with Crippen LogP contribution < -0.4 is 0 Å². The number of nitrogens with zero attached hydrogens (tertiary/aromatic N) is 1. The van der Waals surface area contributed by atoms with Crippen LogP contribution in [0.1, 0.15) is 233 Å². The summed E-state index contributed by atoms with van der Waals surface area (Å²) >= 11 is 0. The lowest BCUT2D eigenvalue weighted by atomic mass is 9.94. The summed E-state index contributed by atoms with van der Waals surface area (Å²) < 4.78 is 5.82. The van der Waals surface area contributed by atoms with E-state index >= 15 is 0 Å². The van der Waals surface area contributed by atoms with Gasteiger partial charge in [-0.2, -0.15) is 0 Å². The second kappa shape index (κ2) is 39.8. The third-order valence-corrected chi connectivity index (χ3v) is 10.2. The summed E-state index contributed by atoms with van der Waals surface area (Å²) in [5, 5.41) is 9.35. The van der Waals surface area contributed by atoms with Gasteiger partial charge in [-0.15, -0.1) is 0 Å². The molecule has 0 heterocycles. The average Bonchev–Trinajstić information content (AvgIpc) is 3.08. The first-order chi connectivity index (χ1) is 23.2.